The molecular formula is C23H34N2O3. The summed E-state index contributed by atoms with van der Waals surface area (Å²) in [6.07, 6.45) is 0.492. The highest BCUT2D eigenvalue weighted by Crippen LogP contribution is 2.13. The van der Waals surface area contributed by atoms with Crippen molar-refractivity contribution in [3.63, 3.8) is 0 Å². The maximum Gasteiger partial charge on any atom is 0.119 e. The standard InChI is InChI=1S/C23H34N2O3/c1-3-27-15-7-14-24-16-20-10-12-23(13-11-20)28-19-22(26)18-25(2)17-21-8-5-4-6-9-21/h4-6,8-13,22,24,26H,3,7,14-19H2,1-2H3/t22-/m1/s1. The van der Waals surface area contributed by atoms with Crippen LogP contribution in [0.4, 0.5) is 0 Å². The van der Waals surface area contributed by atoms with Crippen molar-refractivity contribution >= 4 is 0 Å². The van der Waals surface area contributed by atoms with Crippen LogP contribution in [0, 0.1) is 0 Å². The summed E-state index contributed by atoms with van der Waals surface area (Å²) in [5, 5.41) is 13.6. The minimum absolute atomic E-state index is 0.286. The Hall–Kier alpha value is -1.92. The molecule has 5 nitrogen and oxygen atoms in total. The number of hydrogen-bond acceptors (Lipinski definition) is 5. The summed E-state index contributed by atoms with van der Waals surface area (Å²) in [7, 11) is 2.01. The van der Waals surface area contributed by atoms with Gasteiger partial charge >= 0.3 is 0 Å². The molecule has 2 N–H and O–H groups in total. The zero-order chi connectivity index (χ0) is 20.0. The fourth-order valence-electron chi connectivity index (χ4n) is 2.94. The molecule has 2 rings (SSSR count). The average Bonchev–Trinajstić information content (AvgIpc) is 2.70. The number of benzene rings is 2. The molecule has 0 heterocycles. The number of hydrogen-bond donors (Lipinski definition) is 2. The number of nitrogens with zero attached hydrogens (tertiary/aromatic N) is 1. The molecule has 0 amide bonds. The smallest absolute Gasteiger partial charge is 0.119 e. The van der Waals surface area contributed by atoms with E-state index in [1.54, 1.807) is 0 Å². The van der Waals surface area contributed by atoms with E-state index in [0.717, 1.165) is 45.0 Å². The molecule has 0 bridgehead atoms. The van der Waals surface area contributed by atoms with Gasteiger partial charge in [0.25, 0.3) is 0 Å². The first-order valence-electron chi connectivity index (χ1n) is 10.1. The van der Waals surface area contributed by atoms with E-state index in [1.165, 1.54) is 11.1 Å². The van der Waals surface area contributed by atoms with E-state index in [4.69, 9.17) is 9.47 Å². The topological polar surface area (TPSA) is 54.0 Å². The van der Waals surface area contributed by atoms with Crippen molar-refractivity contribution in [1.29, 1.82) is 0 Å². The largest absolute Gasteiger partial charge is 0.491 e. The third kappa shape index (κ3) is 9.33. The van der Waals surface area contributed by atoms with Gasteiger partial charge in [-0.1, -0.05) is 42.5 Å². The number of likely N-dealkylation sites (N-methyl/N-ethyl adjacent to an activating group) is 1. The molecule has 0 aliphatic heterocycles. The zero-order valence-corrected chi connectivity index (χ0v) is 17.1. The number of aliphatic hydroxyl groups excluding tert-OH is 1. The summed E-state index contributed by atoms with van der Waals surface area (Å²) in [5.41, 5.74) is 2.45. The summed E-state index contributed by atoms with van der Waals surface area (Å²) < 4.78 is 11.1. The Bertz CT molecular complexity index is 634. The molecular weight excluding hydrogens is 352 g/mol. The second-order valence-corrected chi connectivity index (χ2v) is 7.02. The SMILES string of the molecule is CCOCCCNCc1ccc(OC[C@H](O)CN(C)Cc2ccccc2)cc1. The molecule has 0 spiro atoms. The third-order valence-corrected chi connectivity index (χ3v) is 4.36. The van der Waals surface area contributed by atoms with Gasteiger partial charge in [0.1, 0.15) is 18.5 Å². The Kier molecular flexibility index (Phi) is 10.6. The quantitative estimate of drug-likeness (QED) is 0.489. The monoisotopic (exact) mass is 386 g/mol. The van der Waals surface area contributed by atoms with E-state index in [1.807, 2.05) is 44.3 Å². The lowest BCUT2D eigenvalue weighted by molar-refractivity contribution is 0.0744. The van der Waals surface area contributed by atoms with Crippen LogP contribution in [-0.2, 0) is 17.8 Å². The molecule has 1 atom stereocenters. The van der Waals surface area contributed by atoms with Gasteiger partial charge in [0.15, 0.2) is 0 Å². The van der Waals surface area contributed by atoms with Crippen LogP contribution in [0.1, 0.15) is 24.5 Å². The Morgan fingerprint density at radius 3 is 2.50 bits per heavy atom. The summed E-state index contributed by atoms with van der Waals surface area (Å²) >= 11 is 0. The Labute approximate surface area is 169 Å². The van der Waals surface area contributed by atoms with Crippen LogP contribution in [0.15, 0.2) is 54.6 Å². The first-order chi connectivity index (χ1) is 13.7. The average molecular weight is 387 g/mol. The van der Waals surface area contributed by atoms with E-state index in [-0.39, 0.29) is 6.61 Å². The van der Waals surface area contributed by atoms with E-state index in [0.29, 0.717) is 6.54 Å². The van der Waals surface area contributed by atoms with Gasteiger partial charge in [-0.25, -0.2) is 0 Å². The van der Waals surface area contributed by atoms with E-state index in [9.17, 15) is 5.11 Å². The first kappa shape index (κ1) is 22.4. The van der Waals surface area contributed by atoms with Gasteiger partial charge in [0.05, 0.1) is 0 Å². The van der Waals surface area contributed by atoms with Crippen LogP contribution in [0.25, 0.3) is 0 Å². The Balaban J connectivity index is 1.62. The highest BCUT2D eigenvalue weighted by Gasteiger charge is 2.10. The highest BCUT2D eigenvalue weighted by molar-refractivity contribution is 5.27. The van der Waals surface area contributed by atoms with E-state index in [2.05, 4.69) is 34.5 Å². The van der Waals surface area contributed by atoms with Gasteiger partial charge in [-0.05, 0) is 50.2 Å². The minimum atomic E-state index is -0.527. The molecule has 2 aromatic rings. The van der Waals surface area contributed by atoms with Crippen LogP contribution in [-0.4, -0.2) is 56.1 Å². The van der Waals surface area contributed by atoms with Crippen molar-refractivity contribution in [1.82, 2.24) is 10.2 Å². The van der Waals surface area contributed by atoms with Crippen LogP contribution in [0.3, 0.4) is 0 Å². The molecule has 0 aliphatic rings. The van der Waals surface area contributed by atoms with Gasteiger partial charge in [0.2, 0.25) is 0 Å². The van der Waals surface area contributed by atoms with Crippen molar-refractivity contribution in [2.45, 2.75) is 32.5 Å². The highest BCUT2D eigenvalue weighted by atomic mass is 16.5. The van der Waals surface area contributed by atoms with Crippen LogP contribution < -0.4 is 10.1 Å². The number of rotatable bonds is 14. The molecule has 0 aliphatic carbocycles. The maximum atomic E-state index is 10.2. The molecule has 0 radical (unpaired) electrons. The molecule has 0 saturated heterocycles. The van der Waals surface area contributed by atoms with Crippen LogP contribution in [0.5, 0.6) is 5.75 Å². The van der Waals surface area contributed by atoms with Gasteiger partial charge in [-0.15, -0.1) is 0 Å². The predicted molar refractivity (Wildman–Crippen MR) is 114 cm³/mol. The van der Waals surface area contributed by atoms with Gasteiger partial charge in [0, 0.05) is 32.8 Å². The van der Waals surface area contributed by atoms with Crippen molar-refractivity contribution in [3.8, 4) is 5.75 Å². The van der Waals surface area contributed by atoms with Gasteiger partial charge in [-0.3, -0.25) is 4.90 Å². The second-order valence-electron chi connectivity index (χ2n) is 7.02. The van der Waals surface area contributed by atoms with Crippen molar-refractivity contribution in [2.75, 3.05) is 40.0 Å². The Morgan fingerprint density at radius 2 is 1.79 bits per heavy atom. The van der Waals surface area contributed by atoms with Crippen molar-refractivity contribution in [3.05, 3.63) is 65.7 Å². The minimum Gasteiger partial charge on any atom is -0.491 e. The number of nitrogens with one attached hydrogen (secondary N) is 1. The Morgan fingerprint density at radius 1 is 1.04 bits per heavy atom. The van der Waals surface area contributed by atoms with Crippen LogP contribution >= 0.6 is 0 Å². The maximum absolute atomic E-state index is 10.2. The van der Waals surface area contributed by atoms with Crippen molar-refractivity contribution in [2.24, 2.45) is 0 Å². The van der Waals surface area contributed by atoms with Crippen LogP contribution in [0.2, 0.25) is 0 Å². The summed E-state index contributed by atoms with van der Waals surface area (Å²) in [5.74, 6) is 0.782. The fourth-order valence-corrected chi connectivity index (χ4v) is 2.94. The normalized spacial score (nSPS) is 12.3. The molecule has 28 heavy (non-hydrogen) atoms. The van der Waals surface area contributed by atoms with E-state index < -0.39 is 6.10 Å². The fraction of sp³-hybridized carbons (Fsp3) is 0.478. The molecule has 0 saturated carbocycles. The van der Waals surface area contributed by atoms with Gasteiger partial charge in [-0.2, -0.15) is 0 Å². The molecule has 154 valence electrons. The third-order valence-electron chi connectivity index (χ3n) is 4.36. The number of ether oxygens (including phenoxy) is 2. The van der Waals surface area contributed by atoms with E-state index >= 15 is 0 Å². The first-order valence-corrected chi connectivity index (χ1v) is 10.1. The summed E-state index contributed by atoms with van der Waals surface area (Å²) in [6.45, 7) is 7.04. The van der Waals surface area contributed by atoms with Crippen molar-refractivity contribution < 1.29 is 14.6 Å². The summed E-state index contributed by atoms with van der Waals surface area (Å²) in [6, 6.07) is 18.3. The zero-order valence-electron chi connectivity index (χ0n) is 17.1. The molecule has 0 unspecified atom stereocenters. The second kappa shape index (κ2) is 13.3. The summed E-state index contributed by atoms with van der Waals surface area (Å²) in [4.78, 5) is 2.10. The lowest BCUT2D eigenvalue weighted by atomic mass is 10.2. The molecule has 2 aromatic carbocycles. The lowest BCUT2D eigenvalue weighted by Gasteiger charge is -2.21. The lowest BCUT2D eigenvalue weighted by Crippen LogP contribution is -2.32. The molecule has 5 heteroatoms. The molecule has 0 fully saturated rings. The predicted octanol–water partition coefficient (Wildman–Crippen LogP) is 3.07. The molecule has 0 aromatic heterocycles. The van der Waals surface area contributed by atoms with Gasteiger partial charge < -0.3 is 19.9 Å². The number of aliphatic hydroxyl groups is 1.